The van der Waals surface area contributed by atoms with Crippen molar-refractivity contribution < 1.29 is 9.47 Å². The van der Waals surface area contributed by atoms with Crippen LogP contribution in [0.4, 0.5) is 0 Å². The topological polar surface area (TPSA) is 18.5 Å². The second kappa shape index (κ2) is 12.9. The molecule has 4 rings (SSSR count). The maximum absolute atomic E-state index is 5.36. The molecule has 0 spiro atoms. The summed E-state index contributed by atoms with van der Waals surface area (Å²) in [7, 11) is -0.446. The summed E-state index contributed by atoms with van der Waals surface area (Å²) in [6.07, 6.45) is 3.57. The van der Waals surface area contributed by atoms with E-state index in [0.717, 1.165) is 25.0 Å². The van der Waals surface area contributed by atoms with E-state index in [1.165, 1.54) is 28.8 Å². The highest BCUT2D eigenvalue weighted by Crippen LogP contribution is 2.32. The molecule has 1 aliphatic heterocycles. The first-order valence-corrected chi connectivity index (χ1v) is 12.6. The van der Waals surface area contributed by atoms with Crippen LogP contribution in [-0.4, -0.2) is 24.8 Å². The van der Waals surface area contributed by atoms with Crippen LogP contribution in [0.5, 0.6) is 0 Å². The van der Waals surface area contributed by atoms with Gasteiger partial charge in [-0.05, 0) is 43.1 Å². The molecule has 1 atom stereocenters. The summed E-state index contributed by atoms with van der Waals surface area (Å²) >= 11 is 3.30. The number of rotatable bonds is 6. The van der Waals surface area contributed by atoms with Crippen molar-refractivity contribution in [1.82, 2.24) is 0 Å². The molecule has 1 unspecified atom stereocenters. The summed E-state index contributed by atoms with van der Waals surface area (Å²) in [6, 6.07) is 32.3. The minimum absolute atomic E-state index is 0.0753. The van der Waals surface area contributed by atoms with Gasteiger partial charge in [0.25, 0.3) is 0 Å². The van der Waals surface area contributed by atoms with Gasteiger partial charge in [0, 0.05) is 11.9 Å². The van der Waals surface area contributed by atoms with Gasteiger partial charge < -0.3 is 9.47 Å². The highest BCUT2D eigenvalue weighted by Gasteiger charge is 2.15. The maximum Gasteiger partial charge on any atom is 0.157 e. The van der Waals surface area contributed by atoms with Gasteiger partial charge >= 0.3 is 0 Å². The summed E-state index contributed by atoms with van der Waals surface area (Å²) in [4.78, 5) is 0. The van der Waals surface area contributed by atoms with Crippen molar-refractivity contribution in [3.8, 4) is 0 Å². The Labute approximate surface area is 184 Å². The largest absolute Gasteiger partial charge is 0.353 e. The Morgan fingerprint density at radius 1 is 0.759 bits per heavy atom. The van der Waals surface area contributed by atoms with E-state index in [9.17, 15) is 0 Å². The zero-order valence-electron chi connectivity index (χ0n) is 16.6. The maximum atomic E-state index is 5.36. The monoisotopic (exact) mass is 470 g/mol. The lowest BCUT2D eigenvalue weighted by atomic mass is 10.2. The molecule has 2 nitrogen and oxygen atoms in total. The second-order valence-corrected chi connectivity index (χ2v) is 9.71. The minimum atomic E-state index is -0.446. The lowest BCUT2D eigenvalue weighted by Crippen LogP contribution is -2.22. The van der Waals surface area contributed by atoms with Crippen LogP contribution in [0.2, 0.25) is 0 Å². The number of halogens is 1. The molecule has 0 amide bonds. The van der Waals surface area contributed by atoms with Gasteiger partial charge in [0.05, 0.1) is 6.61 Å². The van der Waals surface area contributed by atoms with Crippen LogP contribution in [0, 0.1) is 0 Å². The fourth-order valence-corrected chi connectivity index (χ4v) is 5.69. The first-order chi connectivity index (χ1) is 14.4. The van der Waals surface area contributed by atoms with Crippen molar-refractivity contribution >= 4 is 39.8 Å². The average molecular weight is 471 g/mol. The zero-order chi connectivity index (χ0) is 20.2. The van der Waals surface area contributed by atoms with Gasteiger partial charge in [-0.25, -0.2) is 0 Å². The fraction of sp³-hybridized carbons (Fsp3) is 0.280. The van der Waals surface area contributed by atoms with Crippen LogP contribution in [0.1, 0.15) is 19.3 Å². The summed E-state index contributed by atoms with van der Waals surface area (Å²) < 4.78 is 10.7. The smallest absolute Gasteiger partial charge is 0.157 e. The van der Waals surface area contributed by atoms with E-state index < -0.39 is 7.92 Å². The molecular weight excluding hydrogens is 443 g/mol. The van der Waals surface area contributed by atoms with Crippen molar-refractivity contribution in [1.29, 1.82) is 0 Å². The van der Waals surface area contributed by atoms with E-state index in [1.807, 2.05) is 0 Å². The zero-order valence-corrected chi connectivity index (χ0v) is 19.1. The van der Waals surface area contributed by atoms with Gasteiger partial charge in [-0.2, -0.15) is 0 Å². The van der Waals surface area contributed by atoms with Crippen LogP contribution < -0.4 is 15.9 Å². The number of ether oxygens (including phenoxy) is 2. The average Bonchev–Trinajstić information content (AvgIpc) is 2.81. The molecule has 1 saturated heterocycles. The molecular formula is C25H28BrO2P. The molecule has 152 valence electrons. The molecule has 0 aliphatic carbocycles. The van der Waals surface area contributed by atoms with Gasteiger partial charge in [0.1, 0.15) is 0 Å². The third-order valence-corrected chi connectivity index (χ3v) is 7.33. The Bertz CT molecular complexity index is 699. The van der Waals surface area contributed by atoms with Crippen molar-refractivity contribution in [2.45, 2.75) is 25.6 Å². The van der Waals surface area contributed by atoms with Gasteiger partial charge in [0.15, 0.2) is 6.29 Å². The number of alkyl halides is 1. The molecule has 3 aromatic carbocycles. The standard InChI is InChI=1S/C18H15P.C7H13BrO2/c1-4-10-16(11-5-1)19(17-12-6-2-7-13-17)18-14-8-3-9-15-18;8-4-6-10-7-3-1-2-5-9-7/h1-15H;7H,1-6H2. The van der Waals surface area contributed by atoms with Crippen molar-refractivity contribution in [2.24, 2.45) is 0 Å². The van der Waals surface area contributed by atoms with Crippen LogP contribution in [-0.2, 0) is 9.47 Å². The molecule has 0 bridgehead atoms. The molecule has 4 heteroatoms. The van der Waals surface area contributed by atoms with Crippen LogP contribution >= 0.6 is 23.9 Å². The molecule has 0 N–H and O–H groups in total. The Balaban J connectivity index is 0.000000204. The highest BCUT2D eigenvalue weighted by molar-refractivity contribution is 9.09. The summed E-state index contributed by atoms with van der Waals surface area (Å²) in [6.45, 7) is 1.62. The van der Waals surface area contributed by atoms with Crippen molar-refractivity contribution in [2.75, 3.05) is 18.5 Å². The van der Waals surface area contributed by atoms with E-state index >= 15 is 0 Å². The predicted molar refractivity (Wildman–Crippen MR) is 128 cm³/mol. The third-order valence-electron chi connectivity index (χ3n) is 4.56. The first-order valence-electron chi connectivity index (χ1n) is 10.1. The van der Waals surface area contributed by atoms with Crippen LogP contribution in [0.25, 0.3) is 0 Å². The number of benzene rings is 3. The summed E-state index contributed by atoms with van der Waals surface area (Å²) in [5.41, 5.74) is 0. The Morgan fingerprint density at radius 3 is 1.62 bits per heavy atom. The van der Waals surface area contributed by atoms with Gasteiger partial charge in [-0.15, -0.1) is 0 Å². The fourth-order valence-electron chi connectivity index (χ4n) is 3.20. The van der Waals surface area contributed by atoms with E-state index in [4.69, 9.17) is 9.47 Å². The SMILES string of the molecule is BrCCOC1CCCCO1.c1ccc(P(c2ccccc2)c2ccccc2)cc1. The van der Waals surface area contributed by atoms with E-state index in [-0.39, 0.29) is 6.29 Å². The molecule has 0 radical (unpaired) electrons. The van der Waals surface area contributed by atoms with E-state index in [1.54, 1.807) is 0 Å². The van der Waals surface area contributed by atoms with Crippen LogP contribution in [0.3, 0.4) is 0 Å². The van der Waals surface area contributed by atoms with E-state index in [0.29, 0.717) is 0 Å². The first kappa shape index (κ1) is 22.2. The van der Waals surface area contributed by atoms with Crippen LogP contribution in [0.15, 0.2) is 91.0 Å². The molecule has 1 fully saturated rings. The van der Waals surface area contributed by atoms with Gasteiger partial charge in [0.2, 0.25) is 0 Å². The van der Waals surface area contributed by atoms with Crippen molar-refractivity contribution in [3.63, 3.8) is 0 Å². The molecule has 1 aliphatic rings. The number of hydrogen-bond donors (Lipinski definition) is 0. The third kappa shape index (κ3) is 7.35. The Kier molecular flexibility index (Phi) is 9.89. The molecule has 3 aromatic rings. The van der Waals surface area contributed by atoms with E-state index in [2.05, 4.69) is 107 Å². The minimum Gasteiger partial charge on any atom is -0.353 e. The summed E-state index contributed by atoms with van der Waals surface area (Å²) in [5, 5.41) is 5.09. The highest BCUT2D eigenvalue weighted by atomic mass is 79.9. The predicted octanol–water partition coefficient (Wildman–Crippen LogP) is 5.37. The Hall–Kier alpha value is -1.51. The molecule has 0 saturated carbocycles. The molecule has 29 heavy (non-hydrogen) atoms. The lowest BCUT2D eigenvalue weighted by Gasteiger charge is -2.22. The Morgan fingerprint density at radius 2 is 1.24 bits per heavy atom. The lowest BCUT2D eigenvalue weighted by molar-refractivity contribution is -0.158. The van der Waals surface area contributed by atoms with Gasteiger partial charge in [-0.1, -0.05) is 107 Å². The normalized spacial score (nSPS) is 16.1. The molecule has 0 aromatic heterocycles. The quantitative estimate of drug-likeness (QED) is 0.356. The van der Waals surface area contributed by atoms with Gasteiger partial charge in [-0.3, -0.25) is 0 Å². The number of hydrogen-bond acceptors (Lipinski definition) is 2. The second-order valence-electron chi connectivity index (χ2n) is 6.70. The molecule has 1 heterocycles. The summed E-state index contributed by atoms with van der Waals surface area (Å²) in [5.74, 6) is 0. The van der Waals surface area contributed by atoms with Crippen molar-refractivity contribution in [3.05, 3.63) is 91.0 Å².